The summed E-state index contributed by atoms with van der Waals surface area (Å²) in [4.78, 5) is 10.3. The van der Waals surface area contributed by atoms with Gasteiger partial charge in [0.1, 0.15) is 11.1 Å². The summed E-state index contributed by atoms with van der Waals surface area (Å²) < 4.78 is 90.3. The highest BCUT2D eigenvalue weighted by Crippen LogP contribution is 2.60. The summed E-state index contributed by atoms with van der Waals surface area (Å²) in [6, 6.07) is 12.2. The van der Waals surface area contributed by atoms with Gasteiger partial charge in [0.05, 0.1) is 11.5 Å². The molecule has 33 heavy (non-hydrogen) atoms. The first-order valence-electron chi connectivity index (χ1n) is 9.44. The van der Waals surface area contributed by atoms with Crippen LogP contribution in [-0.4, -0.2) is 11.5 Å². The number of para-hydroxylation sites is 1. The zero-order chi connectivity index (χ0) is 24.3. The molecule has 2 unspecified atom stereocenters. The third-order valence-corrected chi connectivity index (χ3v) is 7.42. The number of hydrogen-bond donors (Lipinski definition) is 1. The maximum Gasteiger partial charge on any atom is 0.269 e. The molecule has 0 aliphatic heterocycles. The number of halogens is 5. The maximum absolute atomic E-state index is 14.7. The van der Waals surface area contributed by atoms with Crippen molar-refractivity contribution in [1.82, 2.24) is 0 Å². The van der Waals surface area contributed by atoms with E-state index in [1.165, 1.54) is 19.1 Å². The highest BCUT2D eigenvalue weighted by Gasteiger charge is 2.45. The molecule has 0 heterocycles. The lowest BCUT2D eigenvalue weighted by molar-refractivity contribution is -0.384. The van der Waals surface area contributed by atoms with Crippen LogP contribution in [0.1, 0.15) is 18.3 Å². The molecule has 0 aromatic heterocycles. The minimum atomic E-state index is -4.93. The van der Waals surface area contributed by atoms with E-state index in [1.807, 2.05) is 0 Å². The maximum atomic E-state index is 14.7. The Morgan fingerprint density at radius 3 is 1.91 bits per heavy atom. The monoisotopic (exact) mass is 486 g/mol. The van der Waals surface area contributed by atoms with E-state index in [-0.39, 0.29) is 16.9 Å². The molecule has 1 N–H and O–H groups in total. The summed E-state index contributed by atoms with van der Waals surface area (Å²) in [6.45, 7) is 0.921. The van der Waals surface area contributed by atoms with E-state index in [2.05, 4.69) is 5.32 Å². The van der Waals surface area contributed by atoms with Crippen LogP contribution in [0.3, 0.4) is 0 Å². The van der Waals surface area contributed by atoms with Crippen molar-refractivity contribution in [2.75, 3.05) is 11.9 Å². The molecule has 2 atom stereocenters. The van der Waals surface area contributed by atoms with Gasteiger partial charge in [0.15, 0.2) is 23.3 Å². The second-order valence-corrected chi connectivity index (χ2v) is 9.11. The van der Waals surface area contributed by atoms with Crippen LogP contribution in [0.2, 0.25) is 0 Å². The third-order valence-electron chi connectivity index (χ3n) is 4.66. The molecule has 6 nitrogen and oxygen atoms in total. The normalized spacial score (nSPS) is 13.9. The number of hydrogen-bond acceptors (Lipinski definition) is 5. The zero-order valence-corrected chi connectivity index (χ0v) is 17.8. The van der Waals surface area contributed by atoms with Gasteiger partial charge in [-0.2, -0.15) is 0 Å². The minimum absolute atomic E-state index is 0.00909. The Labute approximate surface area is 184 Å². The van der Waals surface area contributed by atoms with Crippen molar-refractivity contribution < 1.29 is 36.0 Å². The predicted octanol–water partition coefficient (Wildman–Crippen LogP) is 6.04. The van der Waals surface area contributed by atoms with Crippen molar-refractivity contribution in [2.24, 2.45) is 0 Å². The van der Waals surface area contributed by atoms with E-state index in [0.29, 0.717) is 0 Å². The largest absolute Gasteiger partial charge is 0.370 e. The minimum Gasteiger partial charge on any atom is -0.370 e. The van der Waals surface area contributed by atoms with Crippen LogP contribution < -0.4 is 10.6 Å². The Balaban J connectivity index is 2.29. The van der Waals surface area contributed by atoms with Gasteiger partial charge in [-0.3, -0.25) is 14.7 Å². The Bertz CT molecular complexity index is 1200. The highest BCUT2D eigenvalue weighted by atomic mass is 31.2. The van der Waals surface area contributed by atoms with E-state index in [9.17, 15) is 36.6 Å². The lowest BCUT2D eigenvalue weighted by Gasteiger charge is -2.30. The number of nitrogens with zero attached hydrogens (tertiary/aromatic N) is 1. The Kier molecular flexibility index (Phi) is 7.14. The molecule has 0 saturated carbocycles. The average Bonchev–Trinajstić information content (AvgIpc) is 2.81. The lowest BCUT2D eigenvalue weighted by atomic mass is 10.2. The van der Waals surface area contributed by atoms with Gasteiger partial charge in [-0.15, -0.1) is 0 Å². The Morgan fingerprint density at radius 2 is 1.42 bits per heavy atom. The first kappa shape index (κ1) is 24.3. The van der Waals surface area contributed by atoms with Crippen LogP contribution in [0.25, 0.3) is 0 Å². The van der Waals surface area contributed by atoms with Crippen molar-refractivity contribution in [3.8, 4) is 0 Å². The molecule has 174 valence electrons. The first-order valence-corrected chi connectivity index (χ1v) is 11.1. The summed E-state index contributed by atoms with van der Waals surface area (Å²) in [6.07, 6.45) is 0. The molecule has 0 aliphatic rings. The zero-order valence-electron chi connectivity index (χ0n) is 16.9. The second-order valence-electron chi connectivity index (χ2n) is 6.69. The fourth-order valence-electron chi connectivity index (χ4n) is 3.16. The van der Waals surface area contributed by atoms with E-state index in [0.717, 1.165) is 24.3 Å². The SMILES string of the molecule is CCOP(=O)(c1c(F)c(F)c(F)c(F)c1F)C(Nc1ccccc1)c1ccc([N+](=O)[O-])cc1. The molecular formula is C21H16F5N2O4P. The molecule has 0 aliphatic carbocycles. The number of nitro benzene ring substituents is 1. The van der Waals surface area contributed by atoms with E-state index in [1.54, 1.807) is 18.2 Å². The van der Waals surface area contributed by atoms with Crippen LogP contribution in [0.15, 0.2) is 54.6 Å². The van der Waals surface area contributed by atoms with E-state index in [4.69, 9.17) is 4.52 Å². The van der Waals surface area contributed by atoms with E-state index >= 15 is 0 Å². The number of non-ortho nitro benzene ring substituents is 1. The van der Waals surface area contributed by atoms with Crippen molar-refractivity contribution >= 4 is 24.0 Å². The van der Waals surface area contributed by atoms with Crippen LogP contribution in [0.4, 0.5) is 33.3 Å². The van der Waals surface area contributed by atoms with Crippen LogP contribution in [0, 0.1) is 39.2 Å². The van der Waals surface area contributed by atoms with Gasteiger partial charge < -0.3 is 9.84 Å². The number of nitrogens with one attached hydrogen (secondary N) is 1. The summed E-state index contributed by atoms with van der Waals surface area (Å²) >= 11 is 0. The summed E-state index contributed by atoms with van der Waals surface area (Å²) in [5.74, 6) is -13.2. The topological polar surface area (TPSA) is 81.5 Å². The molecule has 3 aromatic rings. The molecule has 0 fully saturated rings. The van der Waals surface area contributed by atoms with Gasteiger partial charge >= 0.3 is 0 Å². The van der Waals surface area contributed by atoms with Crippen molar-refractivity contribution in [3.05, 3.63) is 99.4 Å². The first-order chi connectivity index (χ1) is 15.6. The highest BCUT2D eigenvalue weighted by molar-refractivity contribution is 7.67. The summed E-state index contributed by atoms with van der Waals surface area (Å²) in [5, 5.41) is 12.1. The molecule has 0 amide bonds. The molecular weight excluding hydrogens is 470 g/mol. The summed E-state index contributed by atoms with van der Waals surface area (Å²) in [7, 11) is -4.93. The van der Waals surface area contributed by atoms with Crippen molar-refractivity contribution in [1.29, 1.82) is 0 Å². The quantitative estimate of drug-likeness (QED) is 0.105. The Hall–Kier alpha value is -3.30. The van der Waals surface area contributed by atoms with E-state index < -0.39 is 59.1 Å². The second kappa shape index (κ2) is 9.68. The van der Waals surface area contributed by atoms with Gasteiger partial charge in [-0.1, -0.05) is 18.2 Å². The van der Waals surface area contributed by atoms with Crippen molar-refractivity contribution in [3.63, 3.8) is 0 Å². The molecule has 0 spiro atoms. The predicted molar refractivity (Wildman–Crippen MR) is 111 cm³/mol. The molecule has 0 saturated heterocycles. The van der Waals surface area contributed by atoms with Crippen molar-refractivity contribution in [2.45, 2.75) is 12.7 Å². The standard InChI is InChI=1S/C21H16F5N2O4P/c1-2-32-33(31,20-18(25)16(23)15(22)17(24)19(20)26)21(27-13-6-4-3-5-7-13)12-8-10-14(11-9-12)28(29)30/h3-11,21,27H,2H2,1H3. The fraction of sp³-hybridized carbons (Fsp3) is 0.143. The molecule has 3 rings (SSSR count). The molecule has 3 aromatic carbocycles. The van der Waals surface area contributed by atoms with Gasteiger partial charge in [0.25, 0.3) is 13.1 Å². The van der Waals surface area contributed by atoms with Gasteiger partial charge in [0, 0.05) is 17.8 Å². The molecule has 12 heteroatoms. The lowest BCUT2D eigenvalue weighted by Crippen LogP contribution is -2.28. The smallest absolute Gasteiger partial charge is 0.269 e. The molecule has 0 radical (unpaired) electrons. The number of benzene rings is 3. The molecule has 0 bridgehead atoms. The van der Waals surface area contributed by atoms with Gasteiger partial charge in [-0.25, -0.2) is 22.0 Å². The van der Waals surface area contributed by atoms with Crippen LogP contribution >= 0.6 is 7.37 Å². The summed E-state index contributed by atoms with van der Waals surface area (Å²) in [5.41, 5.74) is -0.0606. The third kappa shape index (κ3) is 4.60. The Morgan fingerprint density at radius 1 is 0.909 bits per heavy atom. The van der Waals surface area contributed by atoms with Crippen LogP contribution in [0.5, 0.6) is 0 Å². The number of nitro groups is 1. The van der Waals surface area contributed by atoms with Gasteiger partial charge in [-0.05, 0) is 36.8 Å². The van der Waals surface area contributed by atoms with Crippen LogP contribution in [-0.2, 0) is 9.09 Å². The van der Waals surface area contributed by atoms with Gasteiger partial charge in [0.2, 0.25) is 5.82 Å². The number of anilines is 1. The fourth-order valence-corrected chi connectivity index (χ4v) is 5.71. The average molecular weight is 486 g/mol. The number of rotatable bonds is 8.